The molecule has 1 saturated heterocycles. The topological polar surface area (TPSA) is 119 Å². The van der Waals surface area contributed by atoms with Gasteiger partial charge >= 0.3 is 0 Å². The van der Waals surface area contributed by atoms with E-state index in [1.54, 1.807) is 24.3 Å². The number of ether oxygens (including phenoxy) is 1. The summed E-state index contributed by atoms with van der Waals surface area (Å²) in [7, 11) is 7.58. The van der Waals surface area contributed by atoms with Gasteiger partial charge in [0, 0.05) is 38.7 Å². The average Bonchev–Trinajstić information content (AvgIpc) is 3.46. The number of hydrogen-bond acceptors (Lipinski definition) is 10. The lowest BCUT2D eigenvalue weighted by Gasteiger charge is -2.26. The van der Waals surface area contributed by atoms with Crippen LogP contribution in [0.25, 0.3) is 0 Å². The molecule has 4 rings (SSSR count). The molecule has 1 amide bonds. The Labute approximate surface area is 234 Å². The van der Waals surface area contributed by atoms with Crippen LogP contribution in [0.15, 0.2) is 61.4 Å². The largest absolute Gasteiger partial charge is 0.494 e. The first-order valence-electron chi connectivity index (χ1n) is 12.9. The van der Waals surface area contributed by atoms with Crippen LogP contribution in [0, 0.1) is 11.3 Å². The molecule has 2 aromatic carbocycles. The number of anilines is 5. The number of carbonyl (C=O) groups excluding carboxylic acids is 1. The molecular formula is C29H34N8O3. The fraction of sp³-hybridized carbons (Fsp3) is 0.310. The van der Waals surface area contributed by atoms with Crippen LogP contribution in [0.2, 0.25) is 0 Å². The Hall–Kier alpha value is -4.66. The van der Waals surface area contributed by atoms with Crippen molar-refractivity contribution < 1.29 is 14.4 Å². The summed E-state index contributed by atoms with van der Waals surface area (Å²) >= 11 is 0. The molecule has 0 bridgehead atoms. The Bertz CT molecular complexity index is 1400. The van der Waals surface area contributed by atoms with Gasteiger partial charge in [-0.25, -0.2) is 15.0 Å². The van der Waals surface area contributed by atoms with Gasteiger partial charge in [-0.2, -0.15) is 5.26 Å². The number of nitriles is 1. The Morgan fingerprint density at radius 1 is 1.23 bits per heavy atom. The number of nitrogens with zero attached hydrogens (tertiary/aromatic N) is 6. The van der Waals surface area contributed by atoms with Gasteiger partial charge < -0.3 is 25.2 Å². The van der Waals surface area contributed by atoms with Gasteiger partial charge in [0.05, 0.1) is 48.5 Å². The van der Waals surface area contributed by atoms with Gasteiger partial charge in [0.1, 0.15) is 17.9 Å². The van der Waals surface area contributed by atoms with Crippen molar-refractivity contribution in [1.29, 1.82) is 5.26 Å². The summed E-state index contributed by atoms with van der Waals surface area (Å²) in [4.78, 5) is 31.2. The molecule has 11 heteroatoms. The third-order valence-electron chi connectivity index (χ3n) is 6.50. The second kappa shape index (κ2) is 12.9. The molecule has 0 unspecified atom stereocenters. The molecule has 0 saturated carbocycles. The number of likely N-dealkylation sites (N-methyl/N-ethyl adjacent to an activating group) is 2. The predicted octanol–water partition coefficient (Wildman–Crippen LogP) is 4.11. The number of hydroxylamine groups is 1. The summed E-state index contributed by atoms with van der Waals surface area (Å²) in [6.45, 7) is 5.67. The van der Waals surface area contributed by atoms with E-state index >= 15 is 0 Å². The van der Waals surface area contributed by atoms with E-state index in [-0.39, 0.29) is 11.9 Å². The smallest absolute Gasteiger partial charge is 0.247 e. The van der Waals surface area contributed by atoms with Crippen LogP contribution in [0.4, 0.5) is 28.7 Å². The van der Waals surface area contributed by atoms with Gasteiger partial charge in [-0.15, -0.1) is 0 Å². The van der Waals surface area contributed by atoms with Crippen LogP contribution in [0.5, 0.6) is 5.75 Å². The summed E-state index contributed by atoms with van der Waals surface area (Å²) in [6, 6.07) is 15.1. The molecule has 2 N–H and O–H groups in total. The molecule has 1 fully saturated rings. The minimum absolute atomic E-state index is 0.0942. The number of hydrogen-bond donors (Lipinski definition) is 2. The number of methoxy groups -OCH3 is 1. The monoisotopic (exact) mass is 542 g/mol. The van der Waals surface area contributed by atoms with E-state index in [9.17, 15) is 10.1 Å². The zero-order valence-corrected chi connectivity index (χ0v) is 23.2. The fourth-order valence-electron chi connectivity index (χ4n) is 4.39. The van der Waals surface area contributed by atoms with Crippen molar-refractivity contribution in [2.45, 2.75) is 12.5 Å². The third-order valence-corrected chi connectivity index (χ3v) is 6.50. The maximum atomic E-state index is 12.3. The Morgan fingerprint density at radius 3 is 2.77 bits per heavy atom. The normalized spacial score (nSPS) is 14.5. The predicted molar refractivity (Wildman–Crippen MR) is 156 cm³/mol. The molecule has 11 nitrogen and oxygen atoms in total. The molecule has 208 valence electrons. The first kappa shape index (κ1) is 28.4. The number of amides is 1. The van der Waals surface area contributed by atoms with Crippen molar-refractivity contribution >= 4 is 34.6 Å². The van der Waals surface area contributed by atoms with E-state index in [0.717, 1.165) is 30.8 Å². The molecule has 0 spiro atoms. The van der Waals surface area contributed by atoms with E-state index in [1.807, 2.05) is 51.5 Å². The molecule has 1 aliphatic heterocycles. The molecular weight excluding hydrogens is 508 g/mol. The highest BCUT2D eigenvalue weighted by molar-refractivity contribution is 6.02. The molecule has 0 aliphatic carbocycles. The van der Waals surface area contributed by atoms with Gasteiger partial charge in [0.15, 0.2) is 5.82 Å². The molecule has 1 aromatic heterocycles. The maximum Gasteiger partial charge on any atom is 0.247 e. The van der Waals surface area contributed by atoms with Crippen LogP contribution >= 0.6 is 0 Å². The third kappa shape index (κ3) is 6.66. The number of rotatable bonds is 11. The summed E-state index contributed by atoms with van der Waals surface area (Å²) in [5, 5.41) is 17.3. The number of aromatic nitrogens is 2. The van der Waals surface area contributed by atoms with Crippen molar-refractivity contribution in [3.8, 4) is 11.8 Å². The maximum absolute atomic E-state index is 12.3. The molecule has 0 radical (unpaired) electrons. The van der Waals surface area contributed by atoms with Gasteiger partial charge in [0.2, 0.25) is 5.91 Å². The molecule has 1 aliphatic rings. The second-order valence-corrected chi connectivity index (χ2v) is 9.58. The number of carbonyl (C=O) groups is 1. The molecule has 40 heavy (non-hydrogen) atoms. The van der Waals surface area contributed by atoms with Crippen molar-refractivity contribution in [2.75, 3.05) is 68.5 Å². The van der Waals surface area contributed by atoms with Crippen LogP contribution in [0.1, 0.15) is 23.6 Å². The molecule has 2 heterocycles. The molecule has 1 atom stereocenters. The first-order valence-corrected chi connectivity index (χ1v) is 12.9. The summed E-state index contributed by atoms with van der Waals surface area (Å²) in [5.41, 5.74) is 3.58. The van der Waals surface area contributed by atoms with Crippen LogP contribution < -0.4 is 25.3 Å². The zero-order chi connectivity index (χ0) is 28.6. The van der Waals surface area contributed by atoms with Gasteiger partial charge in [0.25, 0.3) is 0 Å². The lowest BCUT2D eigenvalue weighted by molar-refractivity contribution is -0.111. The lowest BCUT2D eigenvalue weighted by Crippen LogP contribution is -2.29. The van der Waals surface area contributed by atoms with Gasteiger partial charge in [-0.05, 0) is 43.9 Å². The quantitative estimate of drug-likeness (QED) is 0.343. The molecule has 3 aromatic rings. The SMILES string of the molecule is C=CC(=O)Nc1cc(Nc2cc(N3OCC[C@@H]3c3cccc(C#N)c3)ncn2)c(OC)cc1N(C)CCN(C)C. The van der Waals surface area contributed by atoms with Crippen molar-refractivity contribution in [3.05, 3.63) is 72.6 Å². The lowest BCUT2D eigenvalue weighted by atomic mass is 10.0. The van der Waals surface area contributed by atoms with E-state index in [1.165, 1.54) is 12.4 Å². The van der Waals surface area contributed by atoms with E-state index in [2.05, 4.69) is 43.0 Å². The number of benzene rings is 2. The zero-order valence-electron chi connectivity index (χ0n) is 23.2. The Morgan fingerprint density at radius 2 is 2.05 bits per heavy atom. The van der Waals surface area contributed by atoms with Crippen molar-refractivity contribution in [2.24, 2.45) is 0 Å². The highest BCUT2D eigenvalue weighted by Crippen LogP contribution is 2.39. The van der Waals surface area contributed by atoms with Crippen LogP contribution in [-0.2, 0) is 9.63 Å². The van der Waals surface area contributed by atoms with Crippen molar-refractivity contribution in [3.63, 3.8) is 0 Å². The van der Waals surface area contributed by atoms with Crippen LogP contribution in [0.3, 0.4) is 0 Å². The van der Waals surface area contributed by atoms with Gasteiger partial charge in [-0.3, -0.25) is 9.63 Å². The highest BCUT2D eigenvalue weighted by Gasteiger charge is 2.29. The summed E-state index contributed by atoms with van der Waals surface area (Å²) < 4.78 is 5.71. The first-order chi connectivity index (χ1) is 19.3. The Balaban J connectivity index is 1.64. The minimum Gasteiger partial charge on any atom is -0.494 e. The van der Waals surface area contributed by atoms with E-state index in [4.69, 9.17) is 9.57 Å². The second-order valence-electron chi connectivity index (χ2n) is 9.58. The summed E-state index contributed by atoms with van der Waals surface area (Å²) in [5.74, 6) is 1.34. The van der Waals surface area contributed by atoms with Gasteiger partial charge in [-0.1, -0.05) is 18.7 Å². The van der Waals surface area contributed by atoms with E-state index in [0.29, 0.717) is 40.9 Å². The Kier molecular flexibility index (Phi) is 9.16. The standard InChI is InChI=1S/C29H34N8O3/c1-6-29(38)34-22-15-23(26(39-5)16-25(22)36(4)12-11-35(2)3)33-27-17-28(32-19-31-27)37-24(10-13-40-37)21-9-7-8-20(14-21)18-30/h6-9,14-17,19,24H,1,10-13H2,2-5H3,(H,34,38)(H,31,32,33)/t24-/m1/s1. The van der Waals surface area contributed by atoms with E-state index < -0.39 is 0 Å². The van der Waals surface area contributed by atoms with Crippen LogP contribution in [-0.4, -0.2) is 68.7 Å². The highest BCUT2D eigenvalue weighted by atomic mass is 16.7. The minimum atomic E-state index is -0.319. The summed E-state index contributed by atoms with van der Waals surface area (Å²) in [6.07, 6.45) is 3.44. The van der Waals surface area contributed by atoms with Crippen molar-refractivity contribution in [1.82, 2.24) is 14.9 Å². The fourth-order valence-corrected chi connectivity index (χ4v) is 4.39. The number of nitrogens with one attached hydrogen (secondary N) is 2. The average molecular weight is 543 g/mol.